The Morgan fingerprint density at radius 3 is 2.59 bits per heavy atom. The van der Waals surface area contributed by atoms with E-state index in [0.29, 0.717) is 38.8 Å². The number of guanidine groups is 1. The molecule has 32 heavy (non-hydrogen) atoms. The molecule has 2 aliphatic rings. The lowest BCUT2D eigenvalue weighted by Crippen LogP contribution is -2.56. The van der Waals surface area contributed by atoms with Crippen LogP contribution in [0.5, 0.6) is 0 Å². The third-order valence-corrected chi connectivity index (χ3v) is 5.93. The summed E-state index contributed by atoms with van der Waals surface area (Å²) >= 11 is 0. The molecule has 9 nitrogen and oxygen atoms in total. The fraction of sp³-hybridized carbons (Fsp3) is 0.500. The predicted molar refractivity (Wildman–Crippen MR) is 120 cm³/mol. The summed E-state index contributed by atoms with van der Waals surface area (Å²) in [4.78, 5) is 23.3. The molecule has 1 N–H and O–H groups in total. The van der Waals surface area contributed by atoms with Crippen LogP contribution in [0.3, 0.4) is 0 Å². The molecule has 4 rings (SSSR count). The minimum atomic E-state index is -0.247. The number of piperazine rings is 1. The van der Waals surface area contributed by atoms with Gasteiger partial charge in [-0.25, -0.2) is 4.39 Å². The van der Waals surface area contributed by atoms with E-state index in [1.165, 1.54) is 12.1 Å². The number of ether oxygens (including phenoxy) is 1. The number of anilines is 1. The lowest BCUT2D eigenvalue weighted by atomic mass is 10.0. The first-order valence-corrected chi connectivity index (χ1v) is 10.9. The van der Waals surface area contributed by atoms with Gasteiger partial charge in [-0.15, -0.1) is 0 Å². The minimum absolute atomic E-state index is 0.00969. The number of nitrogens with one attached hydrogen (secondary N) is 1. The number of benzene rings is 1. The molecule has 172 valence electrons. The maximum Gasteiger partial charge on any atom is 0.246 e. The second kappa shape index (κ2) is 10.1. The highest BCUT2D eigenvalue weighted by Crippen LogP contribution is 2.22. The molecule has 3 heterocycles. The summed E-state index contributed by atoms with van der Waals surface area (Å²) in [5.41, 5.74) is 1.84. The molecule has 0 aliphatic carbocycles. The molecular formula is C22H30FN7O2. The third kappa shape index (κ3) is 5.08. The molecule has 0 radical (unpaired) electrons. The summed E-state index contributed by atoms with van der Waals surface area (Å²) in [6, 6.07) is 6.69. The van der Waals surface area contributed by atoms with Gasteiger partial charge in [-0.2, -0.15) is 5.10 Å². The van der Waals surface area contributed by atoms with E-state index in [9.17, 15) is 9.18 Å². The zero-order chi connectivity index (χ0) is 22.5. The van der Waals surface area contributed by atoms with Crippen molar-refractivity contribution in [2.24, 2.45) is 12.0 Å². The highest BCUT2D eigenvalue weighted by Gasteiger charge is 2.29. The van der Waals surface area contributed by atoms with E-state index in [2.05, 4.69) is 20.3 Å². The van der Waals surface area contributed by atoms with Crippen LogP contribution in [0, 0.1) is 5.82 Å². The first kappa shape index (κ1) is 22.2. The Labute approximate surface area is 187 Å². The number of carbonyl (C=O) groups is 1. The number of hydrogen-bond acceptors (Lipinski definition) is 5. The normalized spacial score (nSPS) is 19.3. The van der Waals surface area contributed by atoms with E-state index >= 15 is 0 Å². The lowest BCUT2D eigenvalue weighted by molar-refractivity contribution is -0.120. The fourth-order valence-corrected chi connectivity index (χ4v) is 4.23. The van der Waals surface area contributed by atoms with Crippen molar-refractivity contribution in [1.82, 2.24) is 24.9 Å². The highest BCUT2D eigenvalue weighted by atomic mass is 19.1. The van der Waals surface area contributed by atoms with Crippen LogP contribution in [0.15, 0.2) is 41.7 Å². The molecule has 1 atom stereocenters. The molecule has 2 fully saturated rings. The standard InChI is InChI=1S/C22H30FN7O2/c1-24-22(29-7-8-30(21(31)16-29)19-13-26-27(2)15-19)25-14-20(28-9-11-32-12-10-28)17-3-5-18(23)6-4-17/h3-6,13,15,20H,7-12,14,16H2,1-2H3,(H,24,25). The zero-order valence-corrected chi connectivity index (χ0v) is 18.6. The average molecular weight is 444 g/mol. The highest BCUT2D eigenvalue weighted by molar-refractivity contribution is 5.98. The van der Waals surface area contributed by atoms with E-state index in [4.69, 9.17) is 4.74 Å². The van der Waals surface area contributed by atoms with Gasteiger partial charge in [-0.1, -0.05) is 12.1 Å². The number of aromatic nitrogens is 2. The second-order valence-electron chi connectivity index (χ2n) is 7.98. The first-order chi connectivity index (χ1) is 15.5. The van der Waals surface area contributed by atoms with Crippen LogP contribution in [0.2, 0.25) is 0 Å². The predicted octanol–water partition coefficient (Wildman–Crippen LogP) is 0.857. The SMILES string of the molecule is CN=C(NCC(c1ccc(F)cc1)N1CCOCC1)N1CCN(c2cnn(C)c2)C(=O)C1. The number of aliphatic imine (C=N–C) groups is 1. The van der Waals surface area contributed by atoms with E-state index in [1.807, 2.05) is 30.3 Å². The van der Waals surface area contributed by atoms with Gasteiger partial charge in [0.2, 0.25) is 5.91 Å². The summed E-state index contributed by atoms with van der Waals surface area (Å²) in [6.07, 6.45) is 3.55. The van der Waals surface area contributed by atoms with Gasteiger partial charge in [0, 0.05) is 53.0 Å². The van der Waals surface area contributed by atoms with Gasteiger partial charge in [0.1, 0.15) is 12.4 Å². The van der Waals surface area contributed by atoms with Gasteiger partial charge in [-0.3, -0.25) is 19.4 Å². The van der Waals surface area contributed by atoms with E-state index in [-0.39, 0.29) is 24.3 Å². The second-order valence-corrected chi connectivity index (χ2v) is 7.98. The number of carbonyl (C=O) groups excluding carboxylic acids is 1. The van der Waals surface area contributed by atoms with Gasteiger partial charge in [0.15, 0.2) is 5.96 Å². The van der Waals surface area contributed by atoms with Gasteiger partial charge in [0.25, 0.3) is 0 Å². The molecule has 2 aliphatic heterocycles. The van der Waals surface area contributed by atoms with Gasteiger partial charge >= 0.3 is 0 Å². The van der Waals surface area contributed by atoms with E-state index in [0.717, 1.165) is 24.3 Å². The maximum atomic E-state index is 13.5. The third-order valence-electron chi connectivity index (χ3n) is 5.93. The van der Waals surface area contributed by atoms with Crippen molar-refractivity contribution in [2.75, 3.05) is 64.4 Å². The van der Waals surface area contributed by atoms with Crippen molar-refractivity contribution < 1.29 is 13.9 Å². The van der Waals surface area contributed by atoms with Crippen LogP contribution < -0.4 is 10.2 Å². The molecule has 1 aromatic carbocycles. The largest absolute Gasteiger partial charge is 0.379 e. The van der Waals surface area contributed by atoms with Crippen LogP contribution in [-0.2, 0) is 16.6 Å². The fourth-order valence-electron chi connectivity index (χ4n) is 4.23. The van der Waals surface area contributed by atoms with Crippen molar-refractivity contribution >= 4 is 17.6 Å². The Morgan fingerprint density at radius 2 is 1.97 bits per heavy atom. The van der Waals surface area contributed by atoms with Crippen molar-refractivity contribution in [1.29, 1.82) is 0 Å². The molecule has 1 unspecified atom stereocenters. The maximum absolute atomic E-state index is 13.5. The van der Waals surface area contributed by atoms with E-state index < -0.39 is 0 Å². The Kier molecular flexibility index (Phi) is 7.01. The molecule has 0 saturated carbocycles. The Bertz CT molecular complexity index is 940. The number of hydrogen-bond donors (Lipinski definition) is 1. The Hall–Kier alpha value is -2.98. The summed E-state index contributed by atoms with van der Waals surface area (Å²) in [5, 5.41) is 7.60. The number of nitrogens with zero attached hydrogens (tertiary/aromatic N) is 6. The number of morpholine rings is 1. The Balaban J connectivity index is 1.41. The molecule has 10 heteroatoms. The summed E-state index contributed by atoms with van der Waals surface area (Å²) in [5.74, 6) is 0.447. The topological polar surface area (TPSA) is 78.2 Å². The van der Waals surface area contributed by atoms with Crippen LogP contribution in [0.4, 0.5) is 10.1 Å². The van der Waals surface area contributed by atoms with Gasteiger partial charge in [0.05, 0.1) is 31.1 Å². The van der Waals surface area contributed by atoms with Crippen LogP contribution in [-0.4, -0.2) is 91.0 Å². The molecule has 2 saturated heterocycles. The van der Waals surface area contributed by atoms with Gasteiger partial charge in [-0.05, 0) is 17.7 Å². The molecule has 1 aromatic heterocycles. The monoisotopic (exact) mass is 443 g/mol. The summed E-state index contributed by atoms with van der Waals surface area (Å²) < 4.78 is 20.7. The minimum Gasteiger partial charge on any atom is -0.379 e. The summed E-state index contributed by atoms with van der Waals surface area (Å²) in [6.45, 7) is 5.04. The average Bonchev–Trinajstić information content (AvgIpc) is 3.24. The van der Waals surface area contributed by atoms with Crippen molar-refractivity contribution in [3.8, 4) is 0 Å². The first-order valence-electron chi connectivity index (χ1n) is 10.9. The number of aryl methyl sites for hydroxylation is 1. The molecule has 0 spiro atoms. The number of halogens is 1. The van der Waals surface area contributed by atoms with E-state index in [1.54, 1.807) is 22.8 Å². The van der Waals surface area contributed by atoms with Crippen LogP contribution >= 0.6 is 0 Å². The summed E-state index contributed by atoms with van der Waals surface area (Å²) in [7, 11) is 3.56. The molecule has 1 amide bonds. The number of rotatable bonds is 5. The molecular weight excluding hydrogens is 413 g/mol. The lowest BCUT2D eigenvalue weighted by Gasteiger charge is -2.38. The van der Waals surface area contributed by atoms with Crippen molar-refractivity contribution in [3.05, 3.63) is 48.0 Å². The van der Waals surface area contributed by atoms with Crippen LogP contribution in [0.25, 0.3) is 0 Å². The molecule has 0 bridgehead atoms. The van der Waals surface area contributed by atoms with Crippen molar-refractivity contribution in [3.63, 3.8) is 0 Å². The number of amides is 1. The van der Waals surface area contributed by atoms with Gasteiger partial charge < -0.3 is 19.9 Å². The molecule has 2 aromatic rings. The Morgan fingerprint density at radius 1 is 1.22 bits per heavy atom. The van der Waals surface area contributed by atoms with Crippen molar-refractivity contribution in [2.45, 2.75) is 6.04 Å². The quantitative estimate of drug-likeness (QED) is 0.546. The zero-order valence-electron chi connectivity index (χ0n) is 18.6. The van der Waals surface area contributed by atoms with Crippen LogP contribution in [0.1, 0.15) is 11.6 Å². The smallest absolute Gasteiger partial charge is 0.246 e.